The molecule has 1 unspecified atom stereocenters. The van der Waals surface area contributed by atoms with E-state index in [9.17, 15) is 19.9 Å². The summed E-state index contributed by atoms with van der Waals surface area (Å²) in [5, 5.41) is 34.8. The molecule has 3 aliphatic heterocycles. The molecule has 2 aliphatic carbocycles. The fraction of sp³-hybridized carbons (Fsp3) is 0.436. The summed E-state index contributed by atoms with van der Waals surface area (Å²) in [5.41, 5.74) is 4.34. The highest BCUT2D eigenvalue weighted by atomic mass is 19.1. The molecule has 0 spiro atoms. The molecule has 9 rings (SSSR count). The summed E-state index contributed by atoms with van der Waals surface area (Å²) in [7, 11) is 0. The van der Waals surface area contributed by atoms with Crippen molar-refractivity contribution in [3.05, 3.63) is 143 Å². The van der Waals surface area contributed by atoms with E-state index in [4.69, 9.17) is 38.4 Å². The Balaban J connectivity index is 1.25. The van der Waals surface area contributed by atoms with Gasteiger partial charge in [0, 0.05) is 55.2 Å². The van der Waals surface area contributed by atoms with Crippen LogP contribution in [-0.2, 0) is 27.5 Å². The number of hydrogen-bond acceptors (Lipinski definition) is 12. The van der Waals surface area contributed by atoms with Gasteiger partial charge in [-0.1, -0.05) is 54.4 Å². The minimum atomic E-state index is -1.56. The first kappa shape index (κ1) is 47.8. The molecule has 1 amide bonds. The van der Waals surface area contributed by atoms with Gasteiger partial charge in [-0.2, -0.15) is 5.26 Å². The molecule has 1 saturated carbocycles. The summed E-state index contributed by atoms with van der Waals surface area (Å²) >= 11 is 0. The molecule has 13 nitrogen and oxygen atoms in total. The average Bonchev–Trinajstić information content (AvgIpc) is 3.86. The number of benzene rings is 4. The van der Waals surface area contributed by atoms with Crippen LogP contribution in [0.25, 0.3) is 0 Å². The van der Waals surface area contributed by atoms with Crippen LogP contribution in [-0.4, -0.2) is 78.1 Å². The van der Waals surface area contributed by atoms with Gasteiger partial charge in [0.05, 0.1) is 36.5 Å². The SMILES string of the molecule is C=CCO[C@@]12Oc3ccc(OCc4ccccc4F)cc3[C@H]3[C@H](CCCCO)[C@@H](CCCCO)C=C(C(=NOC4CCCCO4)C[C@@H]1N(Cc1ccc4c(c1)OCO4)C(=O)c1ccc(C#N)cc1)[C@H]32. The zero-order valence-electron chi connectivity index (χ0n) is 38.8. The molecule has 0 radical (unpaired) electrons. The Morgan fingerprint density at radius 3 is 2.52 bits per heavy atom. The van der Waals surface area contributed by atoms with Crippen LogP contribution in [0, 0.1) is 34.9 Å². The third-order valence-corrected chi connectivity index (χ3v) is 14.1. The number of carbonyl (C=O) groups is 1. The topological polar surface area (TPSA) is 162 Å². The van der Waals surface area contributed by atoms with Crippen LogP contribution in [0.3, 0.4) is 0 Å². The van der Waals surface area contributed by atoms with Crippen molar-refractivity contribution in [2.75, 3.05) is 33.2 Å². The van der Waals surface area contributed by atoms with Crippen molar-refractivity contribution >= 4 is 11.6 Å². The Labute approximate surface area is 402 Å². The summed E-state index contributed by atoms with van der Waals surface area (Å²) in [6.07, 6.45) is 10.4. The van der Waals surface area contributed by atoms with Gasteiger partial charge in [-0.3, -0.25) is 4.79 Å². The van der Waals surface area contributed by atoms with Gasteiger partial charge in [0.2, 0.25) is 18.9 Å². The number of carbonyl (C=O) groups excluding carboxylic acids is 1. The van der Waals surface area contributed by atoms with Crippen molar-refractivity contribution in [1.82, 2.24) is 4.90 Å². The molecule has 362 valence electrons. The molecule has 7 atom stereocenters. The van der Waals surface area contributed by atoms with Crippen molar-refractivity contribution in [3.8, 4) is 29.1 Å². The first-order chi connectivity index (χ1) is 33.8. The number of hydrogen-bond donors (Lipinski definition) is 2. The lowest BCUT2D eigenvalue weighted by Crippen LogP contribution is -2.70. The maximum Gasteiger partial charge on any atom is 0.254 e. The van der Waals surface area contributed by atoms with Gasteiger partial charge in [0.15, 0.2) is 11.5 Å². The molecule has 2 N–H and O–H groups in total. The number of ether oxygens (including phenoxy) is 6. The van der Waals surface area contributed by atoms with Crippen molar-refractivity contribution in [3.63, 3.8) is 0 Å². The number of allylic oxidation sites excluding steroid dienone is 1. The highest BCUT2D eigenvalue weighted by molar-refractivity contribution is 6.03. The van der Waals surface area contributed by atoms with Crippen molar-refractivity contribution in [2.45, 2.75) is 101 Å². The molecule has 69 heavy (non-hydrogen) atoms. The molecular formula is C55H60FN3O10. The second kappa shape index (κ2) is 22.0. The van der Waals surface area contributed by atoms with E-state index in [1.807, 2.05) is 36.4 Å². The van der Waals surface area contributed by atoms with Gasteiger partial charge < -0.3 is 48.4 Å². The standard InChI is InChI=1S/C55H60FN3O10/c1-2-26-67-55-50(59(54(62)38-19-16-36(32-57)17-20-38)33-37-18-22-48-49(28-37)66-35-65-48)31-46(58-69-51-15-7-10-27-63-51)43-29-39(11-5-8-24-60)42(13-6-9-25-61)52(53(43)55)44-30-41(21-23-47(44)68-55)64-34-40-12-3-4-14-45(40)56/h2-4,12,14,16-23,28-30,39,42,50-53,60-61H,1,5-11,13,15,24-27,31,33-35H2/t39-,42+,50-,51?,52+,53+,55+/m0/s1. The first-order valence-corrected chi connectivity index (χ1v) is 24.3. The number of nitrogens with zero attached hydrogens (tertiary/aromatic N) is 3. The van der Waals surface area contributed by atoms with E-state index in [-0.39, 0.29) is 75.7 Å². The zero-order chi connectivity index (χ0) is 47.7. The highest BCUT2D eigenvalue weighted by Crippen LogP contribution is 2.62. The Morgan fingerprint density at radius 2 is 1.75 bits per heavy atom. The number of fused-ring (bicyclic) bond motifs is 3. The third-order valence-electron chi connectivity index (χ3n) is 14.1. The lowest BCUT2D eigenvalue weighted by atomic mass is 9.55. The number of nitriles is 1. The molecule has 0 aromatic heterocycles. The Hall–Kier alpha value is -6.24. The summed E-state index contributed by atoms with van der Waals surface area (Å²) < 4.78 is 53.5. The molecule has 14 heteroatoms. The molecule has 3 heterocycles. The average molecular weight is 942 g/mol. The fourth-order valence-corrected chi connectivity index (χ4v) is 10.8. The number of aliphatic hydroxyl groups excluding tert-OH is 2. The van der Waals surface area contributed by atoms with Gasteiger partial charge in [0.1, 0.15) is 30.0 Å². The molecule has 4 aromatic carbocycles. The summed E-state index contributed by atoms with van der Waals surface area (Å²) in [4.78, 5) is 23.7. The fourth-order valence-electron chi connectivity index (χ4n) is 10.8. The number of amides is 1. The number of aliphatic hydroxyl groups is 2. The second-order valence-corrected chi connectivity index (χ2v) is 18.4. The quantitative estimate of drug-likeness (QED) is 0.0493. The van der Waals surface area contributed by atoms with Crippen LogP contribution < -0.4 is 18.9 Å². The maximum atomic E-state index is 15.5. The van der Waals surface area contributed by atoms with Crippen LogP contribution in [0.2, 0.25) is 0 Å². The number of oxime groups is 1. The first-order valence-electron chi connectivity index (χ1n) is 24.3. The van der Waals surface area contributed by atoms with Gasteiger partial charge in [-0.25, -0.2) is 4.39 Å². The van der Waals surface area contributed by atoms with Crippen LogP contribution in [0.5, 0.6) is 23.0 Å². The van der Waals surface area contributed by atoms with Crippen LogP contribution in [0.15, 0.2) is 114 Å². The van der Waals surface area contributed by atoms with Gasteiger partial charge in [-0.05, 0) is 122 Å². The smallest absolute Gasteiger partial charge is 0.254 e. The maximum absolute atomic E-state index is 15.5. The monoisotopic (exact) mass is 941 g/mol. The molecular weight excluding hydrogens is 882 g/mol. The summed E-state index contributed by atoms with van der Waals surface area (Å²) in [6.45, 7) is 5.00. The highest BCUT2D eigenvalue weighted by Gasteiger charge is 2.65. The lowest BCUT2D eigenvalue weighted by molar-refractivity contribution is -0.255. The van der Waals surface area contributed by atoms with E-state index in [0.717, 1.165) is 55.2 Å². The second-order valence-electron chi connectivity index (χ2n) is 18.4. The van der Waals surface area contributed by atoms with E-state index in [1.165, 1.54) is 6.07 Å². The van der Waals surface area contributed by atoms with Crippen molar-refractivity contribution < 1.29 is 52.7 Å². The third kappa shape index (κ3) is 10.2. The number of unbranched alkanes of at least 4 members (excludes halogenated alkanes) is 2. The van der Waals surface area contributed by atoms with E-state index in [2.05, 4.69) is 18.7 Å². The van der Waals surface area contributed by atoms with Crippen LogP contribution in [0.4, 0.5) is 4.39 Å². The molecule has 5 aliphatic rings. The minimum Gasteiger partial charge on any atom is -0.489 e. The van der Waals surface area contributed by atoms with Gasteiger partial charge in [-0.15, -0.1) is 6.58 Å². The largest absolute Gasteiger partial charge is 0.489 e. The number of halogens is 1. The van der Waals surface area contributed by atoms with Crippen molar-refractivity contribution in [2.24, 2.45) is 22.9 Å². The lowest BCUT2D eigenvalue weighted by Gasteiger charge is -2.60. The van der Waals surface area contributed by atoms with E-state index < -0.39 is 24.0 Å². The molecule has 2 fully saturated rings. The number of rotatable bonds is 20. The summed E-state index contributed by atoms with van der Waals surface area (Å²) in [5.74, 6) is -0.969. The van der Waals surface area contributed by atoms with Crippen molar-refractivity contribution in [1.29, 1.82) is 5.26 Å². The van der Waals surface area contributed by atoms with E-state index in [0.29, 0.717) is 71.3 Å². The minimum absolute atomic E-state index is 0.00441. The molecule has 0 bridgehead atoms. The predicted octanol–water partition coefficient (Wildman–Crippen LogP) is 9.51. The predicted molar refractivity (Wildman–Crippen MR) is 254 cm³/mol. The van der Waals surface area contributed by atoms with Gasteiger partial charge >= 0.3 is 0 Å². The molecule has 4 aromatic rings. The van der Waals surface area contributed by atoms with Gasteiger partial charge in [0.25, 0.3) is 5.91 Å². The normalized spacial score (nSPS) is 24.8. The zero-order valence-corrected chi connectivity index (χ0v) is 38.8. The Morgan fingerprint density at radius 1 is 0.957 bits per heavy atom. The van der Waals surface area contributed by atoms with E-state index >= 15 is 4.79 Å². The Kier molecular flexibility index (Phi) is 15.3. The van der Waals surface area contributed by atoms with E-state index in [1.54, 1.807) is 53.4 Å². The van der Waals surface area contributed by atoms with Crippen LogP contribution >= 0.6 is 0 Å². The Bertz CT molecular complexity index is 2550. The summed E-state index contributed by atoms with van der Waals surface area (Å²) in [6, 6.07) is 25.7. The molecule has 1 saturated heterocycles. The van der Waals surface area contributed by atoms with Crippen LogP contribution in [0.1, 0.15) is 103 Å².